The first-order chi connectivity index (χ1) is 20.1. The van der Waals surface area contributed by atoms with E-state index in [9.17, 15) is 18.0 Å². The van der Waals surface area contributed by atoms with E-state index in [2.05, 4.69) is 33.6 Å². The van der Waals surface area contributed by atoms with Gasteiger partial charge in [-0.05, 0) is 75.1 Å². The molecule has 1 aliphatic carbocycles. The molecular weight excluding hydrogens is 543 g/mol. The molecule has 7 nitrogen and oxygen atoms in total. The molecular formula is C32H38F3N5O2. The van der Waals surface area contributed by atoms with E-state index in [4.69, 9.17) is 4.74 Å². The number of carbonyl (C=O) groups is 1. The molecule has 1 unspecified atom stereocenters. The molecule has 1 amide bonds. The van der Waals surface area contributed by atoms with Crippen molar-refractivity contribution in [1.29, 1.82) is 0 Å². The molecule has 3 aliphatic rings. The molecule has 0 radical (unpaired) electrons. The zero-order valence-electron chi connectivity index (χ0n) is 24.4. The van der Waals surface area contributed by atoms with Crippen molar-refractivity contribution in [2.75, 3.05) is 39.3 Å². The van der Waals surface area contributed by atoms with Gasteiger partial charge in [0.25, 0.3) is 5.91 Å². The van der Waals surface area contributed by atoms with Gasteiger partial charge in [-0.1, -0.05) is 6.07 Å². The van der Waals surface area contributed by atoms with Crippen LogP contribution in [0.1, 0.15) is 66.7 Å². The molecule has 0 spiro atoms. The van der Waals surface area contributed by atoms with Crippen molar-refractivity contribution in [2.45, 2.75) is 69.9 Å². The molecule has 0 N–H and O–H groups in total. The lowest BCUT2D eigenvalue weighted by Gasteiger charge is -2.53. The van der Waals surface area contributed by atoms with Crippen LogP contribution in [0.4, 0.5) is 13.2 Å². The van der Waals surface area contributed by atoms with Gasteiger partial charge in [-0.15, -0.1) is 0 Å². The summed E-state index contributed by atoms with van der Waals surface area (Å²) < 4.78 is 46.3. The van der Waals surface area contributed by atoms with Crippen LogP contribution in [0.5, 0.6) is 0 Å². The number of pyridine rings is 2. The van der Waals surface area contributed by atoms with Crippen LogP contribution in [0.3, 0.4) is 0 Å². The van der Waals surface area contributed by atoms with Gasteiger partial charge in [-0.3, -0.25) is 14.6 Å². The smallest absolute Gasteiger partial charge is 0.376 e. The second-order valence-electron chi connectivity index (χ2n) is 12.1. The molecule has 2 fully saturated rings. The predicted octanol–water partition coefficient (Wildman–Crippen LogP) is 5.35. The number of piperidine rings is 1. The molecule has 2 aliphatic heterocycles. The second-order valence-corrected chi connectivity index (χ2v) is 12.1. The van der Waals surface area contributed by atoms with Crippen LogP contribution < -0.4 is 0 Å². The van der Waals surface area contributed by atoms with Crippen molar-refractivity contribution in [2.24, 2.45) is 0 Å². The lowest BCUT2D eigenvalue weighted by atomic mass is 9.86. The van der Waals surface area contributed by atoms with E-state index >= 15 is 0 Å². The quantitative estimate of drug-likeness (QED) is 0.405. The summed E-state index contributed by atoms with van der Waals surface area (Å²) in [6, 6.07) is 9.83. The fraction of sp³-hybridized carbons (Fsp3) is 0.531. The van der Waals surface area contributed by atoms with Crippen LogP contribution in [0.25, 0.3) is 11.0 Å². The summed E-state index contributed by atoms with van der Waals surface area (Å²) in [5.74, 6) is 0.0196. The summed E-state index contributed by atoms with van der Waals surface area (Å²) in [6.07, 6.45) is 1.06. The first-order valence-electron chi connectivity index (χ1n) is 14.9. The minimum Gasteiger partial charge on any atom is -0.376 e. The van der Waals surface area contributed by atoms with Crippen molar-refractivity contribution < 1.29 is 22.7 Å². The lowest BCUT2D eigenvalue weighted by Crippen LogP contribution is -2.62. The third-order valence-corrected chi connectivity index (χ3v) is 9.62. The SMILES string of the molecule is CCO[C@@H]1Cc2cc(C(F)(F)F)ccc2C1N1CCN(C2(C)CCN(C(=O)c3ccnc4ncccc34)CC2)C[C@@H]1C. The number of amides is 1. The summed E-state index contributed by atoms with van der Waals surface area (Å²) in [4.78, 5) is 29.0. The Morgan fingerprint density at radius 2 is 1.83 bits per heavy atom. The van der Waals surface area contributed by atoms with Crippen molar-refractivity contribution >= 4 is 16.9 Å². The Bertz CT molecular complexity index is 1450. The Balaban J connectivity index is 1.13. The second kappa shape index (κ2) is 11.2. The van der Waals surface area contributed by atoms with Crippen LogP contribution in [-0.4, -0.2) is 87.6 Å². The van der Waals surface area contributed by atoms with E-state index in [1.807, 2.05) is 24.0 Å². The zero-order chi connectivity index (χ0) is 29.6. The summed E-state index contributed by atoms with van der Waals surface area (Å²) in [5, 5.41) is 0.775. The van der Waals surface area contributed by atoms with E-state index in [0.29, 0.717) is 37.3 Å². The lowest BCUT2D eigenvalue weighted by molar-refractivity contribution is -0.137. The maximum Gasteiger partial charge on any atom is 0.416 e. The van der Waals surface area contributed by atoms with Gasteiger partial charge in [0.15, 0.2) is 5.65 Å². The van der Waals surface area contributed by atoms with Crippen LogP contribution in [0.15, 0.2) is 48.8 Å². The van der Waals surface area contributed by atoms with Crippen molar-refractivity contribution in [3.8, 4) is 0 Å². The highest BCUT2D eigenvalue weighted by Crippen LogP contribution is 2.43. The minimum atomic E-state index is -4.36. The average molecular weight is 582 g/mol. The van der Waals surface area contributed by atoms with E-state index in [0.717, 1.165) is 49.0 Å². The number of halogens is 3. The van der Waals surface area contributed by atoms with Gasteiger partial charge >= 0.3 is 6.18 Å². The highest BCUT2D eigenvalue weighted by Gasteiger charge is 2.45. The Hall–Kier alpha value is -3.08. The molecule has 1 aromatic carbocycles. The molecule has 10 heteroatoms. The summed E-state index contributed by atoms with van der Waals surface area (Å²) in [5.41, 5.74) is 2.29. The number of rotatable bonds is 5. The van der Waals surface area contributed by atoms with Crippen molar-refractivity contribution in [3.63, 3.8) is 0 Å². The van der Waals surface area contributed by atoms with Gasteiger partial charge in [-0.2, -0.15) is 13.2 Å². The monoisotopic (exact) mass is 581 g/mol. The summed E-state index contributed by atoms with van der Waals surface area (Å²) in [7, 11) is 0. The number of hydrogen-bond acceptors (Lipinski definition) is 6. The van der Waals surface area contributed by atoms with Crippen molar-refractivity contribution in [1.82, 2.24) is 24.7 Å². The van der Waals surface area contributed by atoms with Crippen LogP contribution in [-0.2, 0) is 17.3 Å². The predicted molar refractivity (Wildman–Crippen MR) is 154 cm³/mol. The molecule has 4 heterocycles. The normalized spacial score (nSPS) is 25.1. The number of alkyl halides is 3. The molecule has 42 heavy (non-hydrogen) atoms. The number of carbonyl (C=O) groups excluding carboxylic acids is 1. The molecule has 3 aromatic rings. The number of fused-ring (bicyclic) bond motifs is 2. The number of likely N-dealkylation sites (tertiary alicyclic amines) is 1. The molecule has 6 rings (SSSR count). The fourth-order valence-electron chi connectivity index (χ4n) is 7.25. The highest BCUT2D eigenvalue weighted by atomic mass is 19.4. The third-order valence-electron chi connectivity index (χ3n) is 9.62. The first kappa shape index (κ1) is 29.0. The minimum absolute atomic E-state index is 0.0196. The number of piperazine rings is 1. The Kier molecular flexibility index (Phi) is 7.74. The number of ether oxygens (including phenoxy) is 1. The maximum atomic E-state index is 13.5. The van der Waals surface area contributed by atoms with Gasteiger partial charge in [0.2, 0.25) is 0 Å². The Labute approximate surface area is 244 Å². The average Bonchev–Trinajstić information content (AvgIpc) is 3.33. The van der Waals surface area contributed by atoms with Crippen LogP contribution in [0, 0.1) is 0 Å². The number of nitrogens with zero attached hydrogens (tertiary/aromatic N) is 5. The van der Waals surface area contributed by atoms with E-state index in [-0.39, 0.29) is 29.6 Å². The number of aromatic nitrogens is 2. The Morgan fingerprint density at radius 1 is 1.07 bits per heavy atom. The summed E-state index contributed by atoms with van der Waals surface area (Å²) in [6.45, 7) is 10.9. The van der Waals surface area contributed by atoms with Crippen LogP contribution >= 0.6 is 0 Å². The van der Waals surface area contributed by atoms with Gasteiger partial charge in [-0.25, -0.2) is 9.97 Å². The van der Waals surface area contributed by atoms with Gasteiger partial charge in [0.1, 0.15) is 0 Å². The van der Waals surface area contributed by atoms with Crippen molar-refractivity contribution in [3.05, 3.63) is 71.0 Å². The standard InChI is InChI=1S/C32H38F3N5O2/c1-4-42-27-19-22-18-23(32(33,34)35)7-8-24(22)28(27)40-17-16-39(20-21(40)2)31(3)10-14-38(15-11-31)30(41)26-9-13-37-29-25(26)6-5-12-36-29/h5-9,12-13,18,21,27-28H,4,10-11,14-17,19-20H2,1-3H3/t21-,27+,28?/m0/s1. The van der Waals surface area contributed by atoms with Crippen LogP contribution in [0.2, 0.25) is 0 Å². The highest BCUT2D eigenvalue weighted by molar-refractivity contribution is 6.05. The van der Waals surface area contributed by atoms with Gasteiger partial charge in [0, 0.05) is 75.1 Å². The molecule has 0 saturated carbocycles. The maximum absolute atomic E-state index is 13.5. The molecule has 224 valence electrons. The molecule has 0 bridgehead atoms. The molecule has 2 saturated heterocycles. The first-order valence-corrected chi connectivity index (χ1v) is 14.9. The van der Waals surface area contributed by atoms with E-state index in [1.54, 1.807) is 24.5 Å². The van der Waals surface area contributed by atoms with Gasteiger partial charge in [0.05, 0.1) is 23.3 Å². The van der Waals surface area contributed by atoms with E-state index < -0.39 is 11.7 Å². The number of benzene rings is 1. The molecule has 3 atom stereocenters. The topological polar surface area (TPSA) is 61.8 Å². The zero-order valence-corrected chi connectivity index (χ0v) is 24.4. The van der Waals surface area contributed by atoms with Gasteiger partial charge < -0.3 is 9.64 Å². The third kappa shape index (κ3) is 5.29. The largest absolute Gasteiger partial charge is 0.416 e. The number of hydrogen-bond donors (Lipinski definition) is 0. The summed E-state index contributed by atoms with van der Waals surface area (Å²) >= 11 is 0. The molecule has 2 aromatic heterocycles. The fourth-order valence-corrected chi connectivity index (χ4v) is 7.25. The Morgan fingerprint density at radius 3 is 2.55 bits per heavy atom. The van der Waals surface area contributed by atoms with E-state index in [1.165, 1.54) is 12.1 Å².